The van der Waals surface area contributed by atoms with Gasteiger partial charge in [-0.05, 0) is 56.2 Å². The molecule has 2 aromatic heterocycles. The monoisotopic (exact) mass is 366 g/mol. The Morgan fingerprint density at radius 1 is 1.19 bits per heavy atom. The smallest absolute Gasteiger partial charge is 0.293 e. The van der Waals surface area contributed by atoms with Gasteiger partial charge < -0.3 is 9.15 Å². The molecule has 1 N–H and O–H groups in total. The highest BCUT2D eigenvalue weighted by atomic mass is 32.1. The fraction of sp³-hybridized carbons (Fsp3) is 0.200. The number of aryl methyl sites for hydroxylation is 3. The number of nitrogens with one attached hydrogen (secondary N) is 1. The van der Waals surface area contributed by atoms with Gasteiger partial charge in [0.2, 0.25) is 0 Å². The summed E-state index contributed by atoms with van der Waals surface area (Å²) in [5, 5.41) is 4.38. The Labute approximate surface area is 154 Å². The summed E-state index contributed by atoms with van der Waals surface area (Å²) in [5.41, 5.74) is 4.61. The third-order valence-corrected chi connectivity index (χ3v) is 5.33. The average Bonchev–Trinajstić information content (AvgIpc) is 3.14. The Morgan fingerprint density at radius 3 is 2.77 bits per heavy atom. The van der Waals surface area contributed by atoms with Crippen molar-refractivity contribution in [2.24, 2.45) is 0 Å². The first-order valence-electron chi connectivity index (χ1n) is 8.22. The molecule has 0 bridgehead atoms. The quantitative estimate of drug-likeness (QED) is 0.539. The SMILES string of the molecule is COc1ccc2nc(NC(=O)c3oc4cc(C)cc(C)c4c3C)sc2c1. The van der Waals surface area contributed by atoms with E-state index in [0.717, 1.165) is 43.6 Å². The van der Waals surface area contributed by atoms with Gasteiger partial charge in [0, 0.05) is 10.9 Å². The van der Waals surface area contributed by atoms with E-state index in [-0.39, 0.29) is 5.91 Å². The van der Waals surface area contributed by atoms with E-state index in [9.17, 15) is 4.79 Å². The van der Waals surface area contributed by atoms with Crippen LogP contribution in [0.3, 0.4) is 0 Å². The maximum Gasteiger partial charge on any atom is 0.293 e. The highest BCUT2D eigenvalue weighted by molar-refractivity contribution is 7.22. The number of benzene rings is 2. The summed E-state index contributed by atoms with van der Waals surface area (Å²) < 4.78 is 12.0. The number of anilines is 1. The number of methoxy groups -OCH3 is 1. The molecule has 0 atom stereocenters. The molecule has 0 aliphatic carbocycles. The lowest BCUT2D eigenvalue weighted by atomic mass is 10.0. The second-order valence-electron chi connectivity index (χ2n) is 6.32. The predicted octanol–water partition coefficient (Wildman–Crippen LogP) is 5.23. The molecule has 0 unspecified atom stereocenters. The number of nitrogens with zero attached hydrogens (tertiary/aromatic N) is 1. The molecule has 26 heavy (non-hydrogen) atoms. The zero-order chi connectivity index (χ0) is 18.4. The third kappa shape index (κ3) is 2.72. The summed E-state index contributed by atoms with van der Waals surface area (Å²) in [7, 11) is 1.62. The highest BCUT2D eigenvalue weighted by Crippen LogP contribution is 2.32. The van der Waals surface area contributed by atoms with Gasteiger partial charge in [0.05, 0.1) is 17.3 Å². The van der Waals surface area contributed by atoms with E-state index in [1.807, 2.05) is 45.0 Å². The number of carbonyl (C=O) groups is 1. The minimum Gasteiger partial charge on any atom is -0.497 e. The molecule has 0 saturated heterocycles. The second kappa shape index (κ2) is 6.14. The number of amides is 1. The van der Waals surface area contributed by atoms with Crippen LogP contribution >= 0.6 is 11.3 Å². The van der Waals surface area contributed by atoms with Crippen LogP contribution in [0.2, 0.25) is 0 Å². The van der Waals surface area contributed by atoms with Gasteiger partial charge in [0.1, 0.15) is 11.3 Å². The molecule has 6 heteroatoms. The standard InChI is InChI=1S/C20H18N2O3S/c1-10-7-11(2)17-12(3)18(25-15(17)8-10)19(23)22-20-21-14-6-5-13(24-4)9-16(14)26-20/h5-9H,1-4H3,(H,21,22,23). The van der Waals surface area contributed by atoms with Crippen molar-refractivity contribution in [3.8, 4) is 5.75 Å². The molecule has 0 aliphatic heterocycles. The van der Waals surface area contributed by atoms with Crippen LogP contribution in [0.25, 0.3) is 21.2 Å². The number of carbonyl (C=O) groups excluding carboxylic acids is 1. The second-order valence-corrected chi connectivity index (χ2v) is 7.35. The molecule has 0 fully saturated rings. The lowest BCUT2D eigenvalue weighted by molar-refractivity contribution is 0.0998. The van der Waals surface area contributed by atoms with Crippen LogP contribution in [0.1, 0.15) is 27.2 Å². The number of fused-ring (bicyclic) bond motifs is 2. The number of thiazole rings is 1. The maximum atomic E-state index is 12.7. The molecule has 4 rings (SSSR count). The van der Waals surface area contributed by atoms with Gasteiger partial charge in [-0.15, -0.1) is 0 Å². The molecule has 2 heterocycles. The van der Waals surface area contributed by atoms with E-state index < -0.39 is 0 Å². The van der Waals surface area contributed by atoms with E-state index in [1.54, 1.807) is 7.11 Å². The Balaban J connectivity index is 1.69. The molecule has 0 radical (unpaired) electrons. The van der Waals surface area contributed by atoms with Crippen molar-refractivity contribution in [3.63, 3.8) is 0 Å². The summed E-state index contributed by atoms with van der Waals surface area (Å²) in [6.45, 7) is 5.95. The van der Waals surface area contributed by atoms with E-state index in [4.69, 9.17) is 9.15 Å². The Morgan fingerprint density at radius 2 is 2.00 bits per heavy atom. The predicted molar refractivity (Wildman–Crippen MR) is 105 cm³/mol. The number of hydrogen-bond donors (Lipinski definition) is 1. The van der Waals surface area contributed by atoms with Gasteiger partial charge in [0.15, 0.2) is 10.9 Å². The van der Waals surface area contributed by atoms with Gasteiger partial charge in [-0.3, -0.25) is 10.1 Å². The van der Waals surface area contributed by atoms with Crippen molar-refractivity contribution in [1.29, 1.82) is 0 Å². The molecule has 5 nitrogen and oxygen atoms in total. The van der Waals surface area contributed by atoms with Gasteiger partial charge in [-0.25, -0.2) is 4.98 Å². The summed E-state index contributed by atoms with van der Waals surface area (Å²) >= 11 is 1.40. The molecular formula is C20H18N2O3S. The van der Waals surface area contributed by atoms with Gasteiger partial charge in [0.25, 0.3) is 5.91 Å². The first-order chi connectivity index (χ1) is 12.5. The molecular weight excluding hydrogens is 348 g/mol. The van der Waals surface area contributed by atoms with Crippen LogP contribution < -0.4 is 10.1 Å². The highest BCUT2D eigenvalue weighted by Gasteiger charge is 2.20. The summed E-state index contributed by atoms with van der Waals surface area (Å²) in [4.78, 5) is 17.2. The lowest BCUT2D eigenvalue weighted by Crippen LogP contribution is -2.11. The molecule has 1 amide bonds. The fourth-order valence-corrected chi connectivity index (χ4v) is 4.13. The summed E-state index contributed by atoms with van der Waals surface area (Å²) in [6.07, 6.45) is 0. The van der Waals surface area contributed by atoms with Crippen molar-refractivity contribution in [2.45, 2.75) is 20.8 Å². The molecule has 0 aliphatic rings. The van der Waals surface area contributed by atoms with Crippen LogP contribution in [0.15, 0.2) is 34.7 Å². The largest absolute Gasteiger partial charge is 0.497 e. The first-order valence-corrected chi connectivity index (χ1v) is 9.04. The molecule has 4 aromatic rings. The minimum atomic E-state index is -0.290. The summed E-state index contributed by atoms with van der Waals surface area (Å²) in [6, 6.07) is 9.67. The molecule has 2 aromatic carbocycles. The zero-order valence-electron chi connectivity index (χ0n) is 15.0. The first kappa shape index (κ1) is 16.6. The number of aromatic nitrogens is 1. The van der Waals surface area contributed by atoms with Crippen molar-refractivity contribution in [2.75, 3.05) is 12.4 Å². The molecule has 0 spiro atoms. The van der Waals surface area contributed by atoms with Crippen LogP contribution in [0.4, 0.5) is 5.13 Å². The van der Waals surface area contributed by atoms with Crippen molar-refractivity contribution < 1.29 is 13.9 Å². The van der Waals surface area contributed by atoms with Gasteiger partial charge in [-0.2, -0.15) is 0 Å². The Bertz CT molecular complexity index is 1160. The summed E-state index contributed by atoms with van der Waals surface area (Å²) in [5.74, 6) is 0.797. The van der Waals surface area contributed by atoms with Crippen LogP contribution in [-0.2, 0) is 0 Å². The van der Waals surface area contributed by atoms with Crippen LogP contribution in [-0.4, -0.2) is 18.0 Å². The fourth-order valence-electron chi connectivity index (χ4n) is 3.25. The van der Waals surface area contributed by atoms with Gasteiger partial charge in [-0.1, -0.05) is 17.4 Å². The number of ether oxygens (including phenoxy) is 1. The number of furan rings is 1. The molecule has 132 valence electrons. The number of rotatable bonds is 3. The van der Waals surface area contributed by atoms with E-state index in [1.165, 1.54) is 11.3 Å². The minimum absolute atomic E-state index is 0.290. The van der Waals surface area contributed by atoms with Gasteiger partial charge >= 0.3 is 0 Å². The lowest BCUT2D eigenvalue weighted by Gasteiger charge is -1.99. The van der Waals surface area contributed by atoms with Crippen molar-refractivity contribution in [3.05, 3.63) is 52.8 Å². The van der Waals surface area contributed by atoms with E-state index in [0.29, 0.717) is 10.9 Å². The zero-order valence-corrected chi connectivity index (χ0v) is 15.8. The molecule has 0 saturated carbocycles. The Hall–Kier alpha value is -2.86. The number of hydrogen-bond acceptors (Lipinski definition) is 5. The van der Waals surface area contributed by atoms with Crippen LogP contribution in [0, 0.1) is 20.8 Å². The Kier molecular flexibility index (Phi) is 3.92. The van der Waals surface area contributed by atoms with E-state index in [2.05, 4.69) is 16.4 Å². The van der Waals surface area contributed by atoms with Crippen LogP contribution in [0.5, 0.6) is 5.75 Å². The normalized spacial score (nSPS) is 11.2. The topological polar surface area (TPSA) is 64.4 Å². The van der Waals surface area contributed by atoms with Crippen molar-refractivity contribution in [1.82, 2.24) is 4.98 Å². The third-order valence-electron chi connectivity index (χ3n) is 4.39. The average molecular weight is 366 g/mol. The van der Waals surface area contributed by atoms with E-state index >= 15 is 0 Å². The maximum absolute atomic E-state index is 12.7. The van der Waals surface area contributed by atoms with Crippen molar-refractivity contribution >= 4 is 43.6 Å².